The van der Waals surface area contributed by atoms with E-state index in [4.69, 9.17) is 0 Å². The molecular weight excluding hydrogens is 170 g/mol. The fraction of sp³-hybridized carbons (Fsp3) is 0.846. The maximum absolute atomic E-state index is 2.44. The van der Waals surface area contributed by atoms with Crippen LogP contribution in [0.1, 0.15) is 40.0 Å². The Kier molecular flexibility index (Phi) is 3.77. The van der Waals surface area contributed by atoms with Crippen LogP contribution in [0.4, 0.5) is 0 Å². The second-order valence-corrected chi connectivity index (χ2v) is 5.79. The van der Waals surface area contributed by atoms with E-state index in [1.54, 1.807) is 5.57 Å². The summed E-state index contributed by atoms with van der Waals surface area (Å²) >= 11 is 0. The molecule has 0 N–H and O–H groups in total. The Morgan fingerprint density at radius 1 is 1.36 bits per heavy atom. The number of hydrogen-bond donors (Lipinski definition) is 0. The summed E-state index contributed by atoms with van der Waals surface area (Å²) < 4.78 is 0. The van der Waals surface area contributed by atoms with Crippen molar-refractivity contribution < 1.29 is 0 Å². The summed E-state index contributed by atoms with van der Waals surface area (Å²) in [5.41, 5.74) is 2.28. The van der Waals surface area contributed by atoms with Crippen LogP contribution in [0.2, 0.25) is 0 Å². The molecule has 0 heterocycles. The summed E-state index contributed by atoms with van der Waals surface area (Å²) in [6.07, 6.45) is 6.45. The van der Waals surface area contributed by atoms with Crippen molar-refractivity contribution in [2.24, 2.45) is 11.3 Å². The van der Waals surface area contributed by atoms with Crippen molar-refractivity contribution in [3.05, 3.63) is 11.6 Å². The zero-order valence-corrected chi connectivity index (χ0v) is 10.4. The van der Waals surface area contributed by atoms with Crippen LogP contribution in [0.3, 0.4) is 0 Å². The molecule has 0 atom stereocenters. The number of hydrogen-bond acceptors (Lipinski definition) is 1. The van der Waals surface area contributed by atoms with Gasteiger partial charge in [-0.3, -0.25) is 0 Å². The van der Waals surface area contributed by atoms with E-state index in [0.717, 1.165) is 5.92 Å². The van der Waals surface area contributed by atoms with Crippen molar-refractivity contribution >= 4 is 0 Å². The van der Waals surface area contributed by atoms with Crippen molar-refractivity contribution in [2.45, 2.75) is 40.0 Å². The highest BCUT2D eigenvalue weighted by atomic mass is 15.0. The van der Waals surface area contributed by atoms with E-state index in [9.17, 15) is 0 Å². The molecule has 0 aromatic carbocycles. The maximum Gasteiger partial charge on any atom is -0.00194 e. The van der Waals surface area contributed by atoms with Crippen molar-refractivity contribution in [3.8, 4) is 0 Å². The second kappa shape index (κ2) is 4.48. The van der Waals surface area contributed by atoms with Gasteiger partial charge in [0.2, 0.25) is 0 Å². The first kappa shape index (κ1) is 11.8. The highest BCUT2D eigenvalue weighted by molar-refractivity contribution is 5.18. The normalized spacial score (nSPS) is 26.9. The highest BCUT2D eigenvalue weighted by Gasteiger charge is 2.35. The molecule has 1 fully saturated rings. The van der Waals surface area contributed by atoms with Gasteiger partial charge in [0, 0.05) is 0 Å². The zero-order valence-electron chi connectivity index (χ0n) is 10.4. The van der Waals surface area contributed by atoms with E-state index in [1.807, 2.05) is 0 Å². The van der Waals surface area contributed by atoms with Gasteiger partial charge in [-0.15, -0.1) is 0 Å². The molecule has 82 valence electrons. The van der Waals surface area contributed by atoms with Crippen LogP contribution < -0.4 is 0 Å². The van der Waals surface area contributed by atoms with Gasteiger partial charge in [-0.05, 0) is 51.2 Å². The molecule has 0 aromatic rings. The first-order chi connectivity index (χ1) is 6.41. The lowest BCUT2D eigenvalue weighted by Crippen LogP contribution is -2.32. The molecule has 1 saturated carbocycles. The summed E-state index contributed by atoms with van der Waals surface area (Å²) in [6.45, 7) is 8.19. The molecule has 0 bridgehead atoms. The van der Waals surface area contributed by atoms with Crippen LogP contribution in [0, 0.1) is 11.3 Å². The Hall–Kier alpha value is -0.300. The number of allylic oxidation sites excluding steroid dienone is 2. The molecule has 0 unspecified atom stereocenters. The van der Waals surface area contributed by atoms with E-state index in [-0.39, 0.29) is 0 Å². The summed E-state index contributed by atoms with van der Waals surface area (Å²) in [5, 5.41) is 0. The van der Waals surface area contributed by atoms with Crippen molar-refractivity contribution in [2.75, 3.05) is 20.6 Å². The lowest BCUT2D eigenvalue weighted by molar-refractivity contribution is 0.189. The maximum atomic E-state index is 2.44. The van der Waals surface area contributed by atoms with Gasteiger partial charge >= 0.3 is 0 Å². The molecule has 1 heteroatoms. The average molecular weight is 195 g/mol. The summed E-state index contributed by atoms with van der Waals surface area (Å²) in [7, 11) is 4.32. The monoisotopic (exact) mass is 195 g/mol. The lowest BCUT2D eigenvalue weighted by Gasteiger charge is -2.42. The van der Waals surface area contributed by atoms with Gasteiger partial charge in [0.15, 0.2) is 0 Å². The predicted molar refractivity (Wildman–Crippen MR) is 63.4 cm³/mol. The summed E-state index contributed by atoms with van der Waals surface area (Å²) in [6, 6.07) is 0. The summed E-state index contributed by atoms with van der Waals surface area (Å²) in [5.74, 6) is 0.725. The van der Waals surface area contributed by atoms with Crippen LogP contribution in [-0.4, -0.2) is 25.5 Å². The minimum atomic E-state index is 0.602. The van der Waals surface area contributed by atoms with Crippen LogP contribution in [0.25, 0.3) is 0 Å². The predicted octanol–water partition coefficient (Wildman–Crippen LogP) is 3.32. The molecule has 1 aliphatic carbocycles. The lowest BCUT2D eigenvalue weighted by atomic mass is 9.64. The van der Waals surface area contributed by atoms with Gasteiger partial charge in [-0.2, -0.15) is 0 Å². The van der Waals surface area contributed by atoms with Gasteiger partial charge in [-0.1, -0.05) is 32.4 Å². The molecular formula is C13H25N. The third-order valence-electron chi connectivity index (χ3n) is 3.04. The average Bonchev–Trinajstić information content (AvgIpc) is 1.97. The van der Waals surface area contributed by atoms with Crippen LogP contribution in [-0.2, 0) is 0 Å². The SMILES string of the molecule is CC(C)C=C1CC(C)(CCN(C)C)C1. The van der Waals surface area contributed by atoms with Gasteiger partial charge in [0.1, 0.15) is 0 Å². The van der Waals surface area contributed by atoms with Gasteiger partial charge in [-0.25, -0.2) is 0 Å². The topological polar surface area (TPSA) is 3.24 Å². The molecule has 0 saturated heterocycles. The van der Waals surface area contributed by atoms with Crippen molar-refractivity contribution in [3.63, 3.8) is 0 Å². The minimum Gasteiger partial charge on any atom is -0.309 e. The standard InChI is InChI=1S/C13H25N/c1-11(2)8-12-9-13(3,10-12)6-7-14(4)5/h8,11H,6-7,9-10H2,1-5H3. The van der Waals surface area contributed by atoms with E-state index < -0.39 is 0 Å². The zero-order chi connectivity index (χ0) is 10.8. The molecule has 1 aliphatic rings. The fourth-order valence-corrected chi connectivity index (χ4v) is 2.30. The Morgan fingerprint density at radius 3 is 2.36 bits per heavy atom. The fourth-order valence-electron chi connectivity index (χ4n) is 2.30. The van der Waals surface area contributed by atoms with Crippen molar-refractivity contribution in [1.82, 2.24) is 4.90 Å². The number of rotatable bonds is 4. The first-order valence-corrected chi connectivity index (χ1v) is 5.76. The molecule has 1 nitrogen and oxygen atoms in total. The summed E-state index contributed by atoms with van der Waals surface area (Å²) in [4.78, 5) is 2.29. The van der Waals surface area contributed by atoms with Crippen molar-refractivity contribution in [1.29, 1.82) is 0 Å². The second-order valence-electron chi connectivity index (χ2n) is 5.79. The quantitative estimate of drug-likeness (QED) is 0.622. The number of nitrogens with zero attached hydrogens (tertiary/aromatic N) is 1. The Balaban J connectivity index is 2.30. The van der Waals surface area contributed by atoms with Gasteiger partial charge in [0.25, 0.3) is 0 Å². The van der Waals surface area contributed by atoms with Crippen LogP contribution in [0.5, 0.6) is 0 Å². The minimum absolute atomic E-state index is 0.602. The van der Waals surface area contributed by atoms with E-state index in [0.29, 0.717) is 5.41 Å². The van der Waals surface area contributed by atoms with E-state index in [2.05, 4.69) is 45.8 Å². The smallest absolute Gasteiger partial charge is 0.00194 e. The molecule has 0 spiro atoms. The Bertz CT molecular complexity index is 205. The molecule has 1 rings (SSSR count). The molecule has 0 aliphatic heterocycles. The molecule has 0 aromatic heterocycles. The van der Waals surface area contributed by atoms with E-state index >= 15 is 0 Å². The molecule has 0 radical (unpaired) electrons. The van der Waals surface area contributed by atoms with Gasteiger partial charge in [0.05, 0.1) is 0 Å². The van der Waals surface area contributed by atoms with Crippen LogP contribution >= 0.6 is 0 Å². The highest BCUT2D eigenvalue weighted by Crippen LogP contribution is 2.47. The molecule has 14 heavy (non-hydrogen) atoms. The Labute approximate surface area is 89.2 Å². The Morgan fingerprint density at radius 2 is 1.93 bits per heavy atom. The third kappa shape index (κ3) is 3.45. The molecule has 0 amide bonds. The van der Waals surface area contributed by atoms with E-state index in [1.165, 1.54) is 25.8 Å². The van der Waals surface area contributed by atoms with Crippen LogP contribution in [0.15, 0.2) is 11.6 Å². The third-order valence-corrected chi connectivity index (χ3v) is 3.04. The largest absolute Gasteiger partial charge is 0.309 e. The first-order valence-electron chi connectivity index (χ1n) is 5.76. The van der Waals surface area contributed by atoms with Gasteiger partial charge < -0.3 is 4.90 Å².